The van der Waals surface area contributed by atoms with Crippen molar-refractivity contribution < 1.29 is 9.22 Å². The Morgan fingerprint density at radius 1 is 0.950 bits per heavy atom. The van der Waals surface area contributed by atoms with Crippen LogP contribution in [0.5, 0.6) is 0 Å². The number of hydrogen-bond acceptors (Lipinski definition) is 2. The van der Waals surface area contributed by atoms with Crippen LogP contribution in [-0.4, -0.2) is 15.0 Å². The Hall–Kier alpha value is -1.87. The molecule has 2 aromatic rings. The summed E-state index contributed by atoms with van der Waals surface area (Å²) in [6, 6.07) is 20.0. The van der Waals surface area contributed by atoms with E-state index in [1.54, 1.807) is 0 Å². The van der Waals surface area contributed by atoms with Gasteiger partial charge in [0, 0.05) is 6.42 Å². The molecule has 2 nitrogen and oxygen atoms in total. The molecule has 2 rings (SSSR count). The fourth-order valence-electron chi connectivity index (χ4n) is 1.95. The van der Waals surface area contributed by atoms with Gasteiger partial charge in [-0.15, -0.1) is 0 Å². The summed E-state index contributed by atoms with van der Waals surface area (Å²) in [5.74, 6) is 0.207. The number of carbonyl (C=O) groups excluding carboxylic acids is 1. The summed E-state index contributed by atoms with van der Waals surface area (Å²) in [5, 5.41) is 2.20. The Bertz CT molecular complexity index is 498. The zero-order valence-corrected chi connectivity index (χ0v) is 12.9. The van der Waals surface area contributed by atoms with Crippen LogP contribution >= 0.6 is 0 Å². The molecule has 1 radical (unpaired) electrons. The topological polar surface area (TPSA) is 26.3 Å². The molecule has 0 amide bonds. The Kier molecular flexibility index (Phi) is 5.13. The fourth-order valence-corrected chi connectivity index (χ4v) is 3.82. The molecular weight excluding hydrogens is 264 g/mol. The Morgan fingerprint density at radius 2 is 1.40 bits per heavy atom. The molecule has 0 aliphatic rings. The van der Waals surface area contributed by atoms with Crippen molar-refractivity contribution in [3.63, 3.8) is 0 Å². The van der Waals surface area contributed by atoms with E-state index in [9.17, 15) is 4.79 Å². The van der Waals surface area contributed by atoms with Gasteiger partial charge >= 0.3 is 9.04 Å². The first kappa shape index (κ1) is 14.5. The predicted octanol–water partition coefficient (Wildman–Crippen LogP) is 2.38. The van der Waals surface area contributed by atoms with Gasteiger partial charge in [0.1, 0.15) is 0 Å². The molecule has 2 aromatic carbocycles. The van der Waals surface area contributed by atoms with Gasteiger partial charge in [-0.2, -0.15) is 0 Å². The molecule has 0 saturated heterocycles. The molecule has 0 aliphatic carbocycles. The third-order valence-electron chi connectivity index (χ3n) is 2.86. The van der Waals surface area contributed by atoms with Crippen molar-refractivity contribution in [2.45, 2.75) is 20.3 Å². The van der Waals surface area contributed by atoms with Crippen molar-refractivity contribution in [2.75, 3.05) is 0 Å². The molecule has 3 heteroatoms. The molecule has 103 valence electrons. The molecule has 20 heavy (non-hydrogen) atoms. The molecule has 0 fully saturated rings. The maximum Gasteiger partial charge on any atom is 0.356 e. The molecular formula is C17H19O2Si. The van der Waals surface area contributed by atoms with Gasteiger partial charge in [0.15, 0.2) is 0 Å². The average molecular weight is 283 g/mol. The van der Waals surface area contributed by atoms with Crippen molar-refractivity contribution in [3.8, 4) is 0 Å². The second-order valence-corrected chi connectivity index (χ2v) is 7.15. The summed E-state index contributed by atoms with van der Waals surface area (Å²) in [5.41, 5.74) is 0. The lowest BCUT2D eigenvalue weighted by Crippen LogP contribution is -2.46. The molecule has 0 N–H and O–H groups in total. The number of hydrogen-bond donors (Lipinski definition) is 0. The summed E-state index contributed by atoms with van der Waals surface area (Å²) in [6.07, 6.45) is 0.466. The van der Waals surface area contributed by atoms with Crippen molar-refractivity contribution in [1.82, 2.24) is 0 Å². The summed E-state index contributed by atoms with van der Waals surface area (Å²) in [4.78, 5) is 12.0. The number of carbonyl (C=O) groups is 1. The first-order valence-electron chi connectivity index (χ1n) is 6.85. The van der Waals surface area contributed by atoms with Crippen LogP contribution in [0.2, 0.25) is 0 Å². The summed E-state index contributed by atoms with van der Waals surface area (Å²) >= 11 is 0. The van der Waals surface area contributed by atoms with Crippen LogP contribution in [-0.2, 0) is 9.22 Å². The summed E-state index contributed by atoms with van der Waals surface area (Å²) < 4.78 is 5.80. The molecule has 0 heterocycles. The molecule has 0 spiro atoms. The van der Waals surface area contributed by atoms with Gasteiger partial charge in [-0.1, -0.05) is 74.5 Å². The van der Waals surface area contributed by atoms with E-state index < -0.39 is 9.04 Å². The van der Waals surface area contributed by atoms with Gasteiger partial charge in [0.05, 0.1) is 0 Å². The molecule has 0 saturated carbocycles. The lowest BCUT2D eigenvalue weighted by Gasteiger charge is -2.16. The maximum absolute atomic E-state index is 12.0. The van der Waals surface area contributed by atoms with E-state index in [1.165, 1.54) is 0 Å². The van der Waals surface area contributed by atoms with Crippen molar-refractivity contribution in [3.05, 3.63) is 60.7 Å². The van der Waals surface area contributed by atoms with E-state index in [0.717, 1.165) is 10.4 Å². The second-order valence-electron chi connectivity index (χ2n) is 5.13. The van der Waals surface area contributed by atoms with E-state index in [2.05, 4.69) is 0 Å². The van der Waals surface area contributed by atoms with Crippen LogP contribution in [0, 0.1) is 5.92 Å². The molecule has 0 aliphatic heterocycles. The first-order valence-corrected chi connectivity index (χ1v) is 8.26. The highest BCUT2D eigenvalue weighted by Gasteiger charge is 2.23. The monoisotopic (exact) mass is 283 g/mol. The quantitative estimate of drug-likeness (QED) is 0.788. The third kappa shape index (κ3) is 4.07. The normalized spacial score (nSPS) is 10.8. The summed E-state index contributed by atoms with van der Waals surface area (Å²) in [6.45, 7) is 4.05. The van der Waals surface area contributed by atoms with Crippen LogP contribution in [0.15, 0.2) is 60.7 Å². The fraction of sp³-hybridized carbons (Fsp3) is 0.235. The van der Waals surface area contributed by atoms with Gasteiger partial charge in [-0.3, -0.25) is 4.79 Å². The minimum atomic E-state index is -1.49. The lowest BCUT2D eigenvalue weighted by atomic mass is 10.1. The van der Waals surface area contributed by atoms with E-state index in [4.69, 9.17) is 4.43 Å². The first-order chi connectivity index (χ1) is 9.66. The number of rotatable bonds is 5. The van der Waals surface area contributed by atoms with Crippen molar-refractivity contribution >= 4 is 25.4 Å². The zero-order chi connectivity index (χ0) is 14.4. The number of benzene rings is 2. The van der Waals surface area contributed by atoms with E-state index in [1.807, 2.05) is 74.5 Å². The van der Waals surface area contributed by atoms with Crippen molar-refractivity contribution in [2.24, 2.45) is 5.92 Å². The summed E-state index contributed by atoms with van der Waals surface area (Å²) in [7, 11) is -1.49. The zero-order valence-electron chi connectivity index (χ0n) is 11.9. The van der Waals surface area contributed by atoms with E-state index >= 15 is 0 Å². The Morgan fingerprint density at radius 3 is 1.80 bits per heavy atom. The van der Waals surface area contributed by atoms with Crippen LogP contribution in [0.3, 0.4) is 0 Å². The van der Waals surface area contributed by atoms with Crippen LogP contribution in [0.1, 0.15) is 20.3 Å². The largest absolute Gasteiger partial charge is 0.508 e. The standard InChI is InChI=1S/C17H19O2Si/c1-14(2)13-17(18)19-20(15-9-5-3-6-10-15)16-11-7-4-8-12-16/h3-12,14H,13H2,1-2H3. The molecule has 0 unspecified atom stereocenters. The van der Waals surface area contributed by atoms with Gasteiger partial charge < -0.3 is 4.43 Å². The minimum Gasteiger partial charge on any atom is -0.508 e. The van der Waals surface area contributed by atoms with Gasteiger partial charge in [-0.05, 0) is 16.3 Å². The highest BCUT2D eigenvalue weighted by Crippen LogP contribution is 2.03. The highest BCUT2D eigenvalue weighted by atomic mass is 28.3. The van der Waals surface area contributed by atoms with E-state index in [0.29, 0.717) is 12.3 Å². The van der Waals surface area contributed by atoms with Crippen LogP contribution in [0.25, 0.3) is 0 Å². The predicted molar refractivity (Wildman–Crippen MR) is 83.5 cm³/mol. The average Bonchev–Trinajstić information content (AvgIpc) is 2.46. The van der Waals surface area contributed by atoms with Crippen LogP contribution in [0.4, 0.5) is 0 Å². The third-order valence-corrected chi connectivity index (χ3v) is 5.01. The Balaban J connectivity index is 2.24. The molecule has 0 bridgehead atoms. The highest BCUT2D eigenvalue weighted by molar-refractivity contribution is 6.81. The minimum absolute atomic E-state index is 0.110. The van der Waals surface area contributed by atoms with E-state index in [-0.39, 0.29) is 5.97 Å². The molecule has 0 atom stereocenters. The second kappa shape index (κ2) is 7.06. The smallest absolute Gasteiger partial charge is 0.356 e. The van der Waals surface area contributed by atoms with Crippen molar-refractivity contribution in [1.29, 1.82) is 0 Å². The maximum atomic E-state index is 12.0. The lowest BCUT2D eigenvalue weighted by molar-refractivity contribution is -0.135. The van der Waals surface area contributed by atoms with Gasteiger partial charge in [0.2, 0.25) is 0 Å². The Labute approximate surface area is 122 Å². The van der Waals surface area contributed by atoms with Gasteiger partial charge in [0.25, 0.3) is 5.97 Å². The van der Waals surface area contributed by atoms with Crippen LogP contribution < -0.4 is 10.4 Å². The molecule has 0 aromatic heterocycles. The van der Waals surface area contributed by atoms with Gasteiger partial charge in [-0.25, -0.2) is 0 Å². The SMILES string of the molecule is CC(C)CC(=O)O[Si](c1ccccc1)c1ccccc1.